The number of aromatic carboxylic acids is 2. The zero-order chi connectivity index (χ0) is 11.7. The van der Waals surface area contributed by atoms with Crippen molar-refractivity contribution in [2.24, 2.45) is 0 Å². The van der Waals surface area contributed by atoms with Gasteiger partial charge < -0.3 is 19.8 Å². The number of carboxylic acid groups (broad SMARTS) is 2. The van der Waals surface area contributed by atoms with Crippen LogP contribution in [0.25, 0.3) is 10.8 Å². The summed E-state index contributed by atoms with van der Waals surface area (Å²) in [7, 11) is 0. The van der Waals surface area contributed by atoms with Crippen LogP contribution < -0.4 is 10.2 Å². The third-order valence-electron chi connectivity index (χ3n) is 2.31. The predicted octanol–water partition coefficient (Wildman–Crippen LogP) is -0.436. The molecule has 0 aromatic heterocycles. The van der Waals surface area contributed by atoms with Crippen LogP contribution in [0.15, 0.2) is 36.4 Å². The van der Waals surface area contributed by atoms with Gasteiger partial charge in [0.15, 0.2) is 0 Å². The summed E-state index contributed by atoms with van der Waals surface area (Å²) >= 11 is 0. The molecular formula is C12H6O4Zn. The molecule has 0 fully saturated rings. The SMILES string of the molecule is O=C([O-])c1ccc2cc(C(=O)[O-])ccc2c1.[Zn+2]. The molecule has 0 unspecified atom stereocenters. The molecule has 2 rings (SSSR count). The Hall–Kier alpha value is -1.74. The summed E-state index contributed by atoms with van der Waals surface area (Å²) < 4.78 is 0. The minimum atomic E-state index is -1.26. The molecule has 0 spiro atoms. The number of carbonyl (C=O) groups is 2. The Labute approximate surface area is 110 Å². The second kappa shape index (κ2) is 5.06. The van der Waals surface area contributed by atoms with Gasteiger partial charge in [-0.15, -0.1) is 0 Å². The Balaban J connectivity index is 0.00000144. The fourth-order valence-corrected chi connectivity index (χ4v) is 1.50. The van der Waals surface area contributed by atoms with Gasteiger partial charge in [-0.3, -0.25) is 0 Å². The fourth-order valence-electron chi connectivity index (χ4n) is 1.50. The molecule has 0 heterocycles. The van der Waals surface area contributed by atoms with Gasteiger partial charge >= 0.3 is 19.5 Å². The molecule has 5 heteroatoms. The van der Waals surface area contributed by atoms with Crippen LogP contribution in [0.5, 0.6) is 0 Å². The molecule has 2 aromatic rings. The molecule has 0 radical (unpaired) electrons. The molecule has 0 atom stereocenters. The van der Waals surface area contributed by atoms with Gasteiger partial charge in [-0.05, 0) is 34.0 Å². The molecule has 0 saturated heterocycles. The van der Waals surface area contributed by atoms with Crippen LogP contribution in [0.2, 0.25) is 0 Å². The molecule has 17 heavy (non-hydrogen) atoms. The number of hydrogen-bond acceptors (Lipinski definition) is 4. The molecule has 0 aliphatic carbocycles. The number of carbonyl (C=O) groups excluding carboxylic acids is 2. The number of carboxylic acids is 2. The first-order chi connectivity index (χ1) is 7.58. The van der Waals surface area contributed by atoms with Crippen molar-refractivity contribution in [2.75, 3.05) is 0 Å². The van der Waals surface area contributed by atoms with Gasteiger partial charge in [-0.1, -0.05) is 24.3 Å². The first-order valence-corrected chi connectivity index (χ1v) is 4.54. The Morgan fingerprint density at radius 1 is 0.765 bits per heavy atom. The Kier molecular flexibility index (Phi) is 3.97. The fraction of sp³-hybridized carbons (Fsp3) is 0. The first-order valence-electron chi connectivity index (χ1n) is 4.54. The van der Waals surface area contributed by atoms with Gasteiger partial charge in [0, 0.05) is 0 Å². The topological polar surface area (TPSA) is 80.3 Å². The molecular weight excluding hydrogens is 274 g/mol. The molecule has 2 aromatic carbocycles. The minimum absolute atomic E-state index is 0. The van der Waals surface area contributed by atoms with Crippen LogP contribution in [0.4, 0.5) is 0 Å². The monoisotopic (exact) mass is 278 g/mol. The maximum absolute atomic E-state index is 10.6. The quantitative estimate of drug-likeness (QED) is 0.698. The first kappa shape index (κ1) is 13.3. The summed E-state index contributed by atoms with van der Waals surface area (Å²) in [4.78, 5) is 21.2. The van der Waals surface area contributed by atoms with E-state index < -0.39 is 11.9 Å². The van der Waals surface area contributed by atoms with E-state index >= 15 is 0 Å². The maximum Gasteiger partial charge on any atom is 2.00 e. The smallest absolute Gasteiger partial charge is 0.545 e. The van der Waals surface area contributed by atoms with Gasteiger partial charge in [0.2, 0.25) is 0 Å². The van der Waals surface area contributed by atoms with Crippen LogP contribution in [0, 0.1) is 0 Å². The molecule has 80 valence electrons. The summed E-state index contributed by atoms with van der Waals surface area (Å²) in [5.41, 5.74) is 0.127. The van der Waals surface area contributed by atoms with E-state index in [1.807, 2.05) is 0 Å². The summed E-state index contributed by atoms with van der Waals surface area (Å²) in [5, 5.41) is 22.5. The van der Waals surface area contributed by atoms with Crippen molar-refractivity contribution in [1.82, 2.24) is 0 Å². The molecule has 0 saturated carbocycles. The summed E-state index contributed by atoms with van der Waals surface area (Å²) in [6, 6.07) is 8.68. The van der Waals surface area contributed by atoms with E-state index in [1.165, 1.54) is 36.4 Å². The zero-order valence-electron chi connectivity index (χ0n) is 8.80. The molecule has 0 N–H and O–H groups in total. The molecule has 4 nitrogen and oxygen atoms in total. The summed E-state index contributed by atoms with van der Waals surface area (Å²) in [6.45, 7) is 0. The number of rotatable bonds is 2. The van der Waals surface area contributed by atoms with Crippen LogP contribution in [0.3, 0.4) is 0 Å². The number of fused-ring (bicyclic) bond motifs is 1. The van der Waals surface area contributed by atoms with Gasteiger partial charge in [-0.25, -0.2) is 0 Å². The van der Waals surface area contributed by atoms with Gasteiger partial charge in [-0.2, -0.15) is 0 Å². The average Bonchev–Trinajstić information content (AvgIpc) is 2.27. The molecule has 0 aliphatic heterocycles. The van der Waals surface area contributed by atoms with E-state index in [4.69, 9.17) is 0 Å². The van der Waals surface area contributed by atoms with Crippen molar-refractivity contribution >= 4 is 22.7 Å². The molecule has 0 bridgehead atoms. The standard InChI is InChI=1S/C12H8O4.Zn/c13-11(14)9-3-1-7-5-10(12(15)16)4-2-8(7)6-9;/h1-6H,(H,13,14)(H,15,16);/q;+2/p-2. The van der Waals surface area contributed by atoms with Crippen LogP contribution in [0.1, 0.15) is 20.7 Å². The third kappa shape index (κ3) is 2.69. The second-order valence-electron chi connectivity index (χ2n) is 3.35. The third-order valence-corrected chi connectivity index (χ3v) is 2.31. The van der Waals surface area contributed by atoms with Crippen LogP contribution >= 0.6 is 0 Å². The van der Waals surface area contributed by atoms with Crippen molar-refractivity contribution in [1.29, 1.82) is 0 Å². The predicted molar refractivity (Wildman–Crippen MR) is 52.6 cm³/mol. The molecule has 0 amide bonds. The van der Waals surface area contributed by atoms with Crippen molar-refractivity contribution in [3.05, 3.63) is 47.5 Å². The van der Waals surface area contributed by atoms with Crippen molar-refractivity contribution in [2.45, 2.75) is 0 Å². The maximum atomic E-state index is 10.6. The summed E-state index contributed by atoms with van der Waals surface area (Å²) in [5.74, 6) is -2.52. The Bertz CT molecular complexity index is 539. The van der Waals surface area contributed by atoms with Crippen LogP contribution in [-0.2, 0) is 19.5 Å². The second-order valence-corrected chi connectivity index (χ2v) is 3.35. The minimum Gasteiger partial charge on any atom is -0.545 e. The normalized spacial score (nSPS) is 9.65. The van der Waals surface area contributed by atoms with E-state index in [0.717, 1.165) is 0 Å². The Morgan fingerprint density at radius 3 is 1.41 bits per heavy atom. The average molecular weight is 280 g/mol. The zero-order valence-corrected chi connectivity index (χ0v) is 11.8. The largest absolute Gasteiger partial charge is 2.00 e. The molecule has 0 aliphatic rings. The van der Waals surface area contributed by atoms with Crippen LogP contribution in [-0.4, -0.2) is 11.9 Å². The van der Waals surface area contributed by atoms with E-state index in [-0.39, 0.29) is 30.6 Å². The van der Waals surface area contributed by atoms with E-state index in [0.29, 0.717) is 10.8 Å². The number of hydrogen-bond donors (Lipinski definition) is 0. The van der Waals surface area contributed by atoms with Gasteiger partial charge in [0.05, 0.1) is 11.9 Å². The van der Waals surface area contributed by atoms with Crippen molar-refractivity contribution in [3.8, 4) is 0 Å². The van der Waals surface area contributed by atoms with Gasteiger partial charge in [0.25, 0.3) is 0 Å². The number of benzene rings is 2. The Morgan fingerprint density at radius 2 is 1.12 bits per heavy atom. The van der Waals surface area contributed by atoms with E-state index in [1.54, 1.807) is 0 Å². The van der Waals surface area contributed by atoms with Crippen molar-refractivity contribution < 1.29 is 39.3 Å². The van der Waals surface area contributed by atoms with E-state index in [2.05, 4.69) is 0 Å². The van der Waals surface area contributed by atoms with E-state index in [9.17, 15) is 19.8 Å². The summed E-state index contributed by atoms with van der Waals surface area (Å²) in [6.07, 6.45) is 0. The van der Waals surface area contributed by atoms with Crippen molar-refractivity contribution in [3.63, 3.8) is 0 Å². The van der Waals surface area contributed by atoms with Gasteiger partial charge in [0.1, 0.15) is 0 Å².